The topological polar surface area (TPSA) is 44.5 Å². The van der Waals surface area contributed by atoms with Gasteiger partial charge in [-0.1, -0.05) is 6.07 Å². The van der Waals surface area contributed by atoms with Gasteiger partial charge in [-0.2, -0.15) is 0 Å². The minimum atomic E-state index is 0.687. The first-order chi connectivity index (χ1) is 6.77. The van der Waals surface area contributed by atoms with Gasteiger partial charge >= 0.3 is 0 Å². The molecule has 0 amide bonds. The Morgan fingerprint density at radius 2 is 2.00 bits per heavy atom. The molecule has 14 heavy (non-hydrogen) atoms. The van der Waals surface area contributed by atoms with Crippen molar-refractivity contribution in [2.75, 3.05) is 20.0 Å². The first-order valence-corrected chi connectivity index (χ1v) is 4.98. The van der Waals surface area contributed by atoms with Crippen molar-refractivity contribution in [1.82, 2.24) is 0 Å². The van der Waals surface area contributed by atoms with E-state index < -0.39 is 0 Å². The summed E-state index contributed by atoms with van der Waals surface area (Å²) in [5, 5.41) is 1.65. The lowest BCUT2D eigenvalue weighted by atomic mass is 10.2. The molecule has 1 aromatic heterocycles. The summed E-state index contributed by atoms with van der Waals surface area (Å²) in [4.78, 5) is 0. The zero-order valence-electron chi connectivity index (χ0n) is 8.03. The molecular weight excluding hydrogens is 198 g/mol. The Labute approximate surface area is 86.1 Å². The zero-order valence-corrected chi connectivity index (χ0v) is 8.85. The minimum absolute atomic E-state index is 0.687. The molecule has 0 fully saturated rings. The van der Waals surface area contributed by atoms with E-state index in [1.807, 2.05) is 18.2 Å². The van der Waals surface area contributed by atoms with Crippen LogP contribution in [-0.4, -0.2) is 14.2 Å². The lowest BCUT2D eigenvalue weighted by Crippen LogP contribution is -1.88. The first kappa shape index (κ1) is 9.15. The third kappa shape index (κ3) is 1.19. The fourth-order valence-corrected chi connectivity index (χ4v) is 2.44. The molecule has 0 aliphatic carbocycles. The Morgan fingerprint density at radius 1 is 1.21 bits per heavy atom. The van der Waals surface area contributed by atoms with Gasteiger partial charge in [0.15, 0.2) is 5.75 Å². The molecule has 0 saturated carbocycles. The molecule has 2 N–H and O–H groups in total. The van der Waals surface area contributed by atoms with Crippen LogP contribution in [0.5, 0.6) is 11.5 Å². The fourth-order valence-electron chi connectivity index (χ4n) is 1.48. The van der Waals surface area contributed by atoms with E-state index in [0.717, 1.165) is 15.8 Å². The van der Waals surface area contributed by atoms with E-state index in [2.05, 4.69) is 0 Å². The van der Waals surface area contributed by atoms with Crippen LogP contribution in [0.1, 0.15) is 0 Å². The predicted octanol–water partition coefficient (Wildman–Crippen LogP) is 2.50. The Morgan fingerprint density at radius 3 is 2.64 bits per heavy atom. The van der Waals surface area contributed by atoms with Crippen LogP contribution in [0.15, 0.2) is 18.2 Å². The van der Waals surface area contributed by atoms with Crippen LogP contribution in [0.4, 0.5) is 5.00 Å². The summed E-state index contributed by atoms with van der Waals surface area (Å²) in [5.74, 6) is 1.51. The van der Waals surface area contributed by atoms with E-state index in [9.17, 15) is 0 Å². The summed E-state index contributed by atoms with van der Waals surface area (Å²) in [6.07, 6.45) is 0. The van der Waals surface area contributed by atoms with Crippen molar-refractivity contribution in [3.63, 3.8) is 0 Å². The summed E-state index contributed by atoms with van der Waals surface area (Å²) in [7, 11) is 3.26. The molecule has 1 heterocycles. The highest BCUT2D eigenvalue weighted by Gasteiger charge is 2.13. The maximum Gasteiger partial charge on any atom is 0.164 e. The van der Waals surface area contributed by atoms with Gasteiger partial charge in [0.2, 0.25) is 0 Å². The molecule has 0 radical (unpaired) electrons. The number of nitrogens with two attached hydrogens (primary N) is 1. The highest BCUT2D eigenvalue weighted by Crippen LogP contribution is 2.44. The van der Waals surface area contributed by atoms with Crippen molar-refractivity contribution in [1.29, 1.82) is 0 Å². The quantitative estimate of drug-likeness (QED) is 0.826. The third-order valence-corrected chi connectivity index (χ3v) is 3.05. The predicted molar refractivity (Wildman–Crippen MR) is 59.3 cm³/mol. The molecule has 4 heteroatoms. The van der Waals surface area contributed by atoms with Gasteiger partial charge < -0.3 is 15.2 Å². The second-order valence-electron chi connectivity index (χ2n) is 2.83. The summed E-state index contributed by atoms with van der Waals surface area (Å²) in [6.45, 7) is 0. The van der Waals surface area contributed by atoms with Gasteiger partial charge in [0.1, 0.15) is 10.8 Å². The molecule has 0 saturated heterocycles. The van der Waals surface area contributed by atoms with Crippen LogP contribution in [0.2, 0.25) is 0 Å². The monoisotopic (exact) mass is 209 g/mol. The number of anilines is 1. The molecule has 1 aromatic carbocycles. The first-order valence-electron chi connectivity index (χ1n) is 4.17. The molecule has 74 valence electrons. The summed E-state index contributed by atoms with van der Waals surface area (Å²) < 4.78 is 11.6. The molecule has 0 bridgehead atoms. The largest absolute Gasteiger partial charge is 0.496 e. The lowest BCUT2D eigenvalue weighted by Gasteiger charge is -2.03. The molecule has 2 aromatic rings. The van der Waals surface area contributed by atoms with Gasteiger partial charge in [0.25, 0.3) is 0 Å². The van der Waals surface area contributed by atoms with E-state index in [-0.39, 0.29) is 0 Å². The zero-order chi connectivity index (χ0) is 10.1. The van der Waals surface area contributed by atoms with Crippen LogP contribution in [0.3, 0.4) is 0 Å². The lowest BCUT2D eigenvalue weighted by molar-refractivity contribution is 0.407. The maximum atomic E-state index is 5.83. The Balaban J connectivity index is 2.82. The number of nitrogen functional groups attached to an aromatic ring is 1. The van der Waals surface area contributed by atoms with Gasteiger partial charge in [-0.15, -0.1) is 11.3 Å². The normalized spacial score (nSPS) is 10.4. The Hall–Kier alpha value is -1.42. The molecule has 3 nitrogen and oxygen atoms in total. The number of benzene rings is 1. The van der Waals surface area contributed by atoms with E-state index in [1.165, 1.54) is 11.3 Å². The highest BCUT2D eigenvalue weighted by atomic mass is 32.1. The number of hydrogen-bond donors (Lipinski definition) is 1. The number of rotatable bonds is 2. The molecular formula is C10H11NO2S. The van der Waals surface area contributed by atoms with Gasteiger partial charge in [0, 0.05) is 4.70 Å². The molecule has 0 atom stereocenters. The number of thiophene rings is 1. The second kappa shape index (κ2) is 3.38. The molecule has 0 aliphatic heterocycles. The third-order valence-electron chi connectivity index (χ3n) is 2.08. The SMILES string of the molecule is COc1cccc2sc(N)c(OC)c12. The summed E-state index contributed by atoms with van der Waals surface area (Å²) >= 11 is 1.51. The van der Waals surface area contributed by atoms with Gasteiger partial charge in [-0.25, -0.2) is 0 Å². The smallest absolute Gasteiger partial charge is 0.164 e. The van der Waals surface area contributed by atoms with Crippen LogP contribution in [0.25, 0.3) is 10.1 Å². The number of hydrogen-bond acceptors (Lipinski definition) is 4. The maximum absolute atomic E-state index is 5.83. The summed E-state index contributed by atoms with van der Waals surface area (Å²) in [5.41, 5.74) is 5.83. The van der Waals surface area contributed by atoms with Crippen molar-refractivity contribution in [3.8, 4) is 11.5 Å². The van der Waals surface area contributed by atoms with Crippen LogP contribution >= 0.6 is 11.3 Å². The molecule has 0 unspecified atom stereocenters. The van der Waals surface area contributed by atoms with E-state index in [1.54, 1.807) is 14.2 Å². The van der Waals surface area contributed by atoms with Gasteiger partial charge in [-0.05, 0) is 12.1 Å². The summed E-state index contributed by atoms with van der Waals surface area (Å²) in [6, 6.07) is 5.84. The van der Waals surface area contributed by atoms with Crippen LogP contribution in [-0.2, 0) is 0 Å². The number of fused-ring (bicyclic) bond motifs is 1. The Kier molecular flexibility index (Phi) is 2.21. The average molecular weight is 209 g/mol. The van der Waals surface area contributed by atoms with Crippen molar-refractivity contribution < 1.29 is 9.47 Å². The van der Waals surface area contributed by atoms with Crippen molar-refractivity contribution in [2.24, 2.45) is 0 Å². The highest BCUT2D eigenvalue weighted by molar-refractivity contribution is 7.23. The van der Waals surface area contributed by atoms with Crippen LogP contribution in [0, 0.1) is 0 Å². The Bertz CT molecular complexity index is 464. The minimum Gasteiger partial charge on any atom is -0.496 e. The van der Waals surface area contributed by atoms with Crippen LogP contribution < -0.4 is 15.2 Å². The van der Waals surface area contributed by atoms with Crippen molar-refractivity contribution >= 4 is 26.4 Å². The molecule has 0 spiro atoms. The van der Waals surface area contributed by atoms with E-state index in [0.29, 0.717) is 10.8 Å². The van der Waals surface area contributed by atoms with Gasteiger partial charge in [0.05, 0.1) is 19.6 Å². The number of methoxy groups -OCH3 is 2. The second-order valence-corrected chi connectivity index (χ2v) is 3.92. The van der Waals surface area contributed by atoms with E-state index in [4.69, 9.17) is 15.2 Å². The molecule has 2 rings (SSSR count). The van der Waals surface area contributed by atoms with Crippen molar-refractivity contribution in [3.05, 3.63) is 18.2 Å². The average Bonchev–Trinajstić information content (AvgIpc) is 2.52. The number of ether oxygens (including phenoxy) is 2. The fraction of sp³-hybridized carbons (Fsp3) is 0.200. The molecule has 0 aliphatic rings. The standard InChI is InChI=1S/C10H11NO2S/c1-12-6-4-3-5-7-8(6)9(13-2)10(11)14-7/h3-5H,11H2,1-2H3. The van der Waals surface area contributed by atoms with Crippen molar-refractivity contribution in [2.45, 2.75) is 0 Å². The van der Waals surface area contributed by atoms with Gasteiger partial charge in [-0.3, -0.25) is 0 Å². The van der Waals surface area contributed by atoms with E-state index >= 15 is 0 Å².